The number of ether oxygens (including phenoxy) is 1. The summed E-state index contributed by atoms with van der Waals surface area (Å²) in [5.74, 6) is -0.339. The number of hydrogen-bond donors (Lipinski definition) is 1. The van der Waals surface area contributed by atoms with Crippen molar-refractivity contribution in [2.45, 2.75) is 97.5 Å². The van der Waals surface area contributed by atoms with Gasteiger partial charge in [0.15, 0.2) is 0 Å². The number of carbonyl (C=O) groups excluding carboxylic acids is 2. The lowest BCUT2D eigenvalue weighted by Gasteiger charge is -2.07. The molecule has 0 saturated carbocycles. The summed E-state index contributed by atoms with van der Waals surface area (Å²) in [5.41, 5.74) is 0.999. The minimum atomic E-state index is -0.284. The highest BCUT2D eigenvalue weighted by Crippen LogP contribution is 2.10. The fourth-order valence-electron chi connectivity index (χ4n) is 2.95. The van der Waals surface area contributed by atoms with E-state index >= 15 is 0 Å². The fourth-order valence-corrected chi connectivity index (χ4v) is 2.95. The SMILES string of the molecule is C=CC(=O)NCCCCCCCCCCCC.CCC(C)OC(=O)/C=C\c1ccccc1. The standard InChI is InChI=1S/C15H29NO.C13H16O2/c1-3-5-6-7-8-9-10-11-12-13-14-16-15(17)4-2;1-3-11(2)15-13(14)10-9-12-7-5-4-6-8-12/h4H,2-3,5-14H2,1H3,(H,16,17);4-11H,3H2,1-2H3/b;10-9-. The molecule has 0 saturated heterocycles. The zero-order chi connectivity index (χ0) is 23.9. The van der Waals surface area contributed by atoms with Gasteiger partial charge in [-0.3, -0.25) is 4.79 Å². The van der Waals surface area contributed by atoms with E-state index in [1.807, 2.05) is 44.2 Å². The van der Waals surface area contributed by atoms with Crippen LogP contribution in [-0.2, 0) is 14.3 Å². The van der Waals surface area contributed by atoms with Crippen LogP contribution >= 0.6 is 0 Å². The summed E-state index contributed by atoms with van der Waals surface area (Å²) >= 11 is 0. The van der Waals surface area contributed by atoms with Crippen LogP contribution < -0.4 is 5.32 Å². The first-order valence-corrected chi connectivity index (χ1v) is 12.4. The highest BCUT2D eigenvalue weighted by atomic mass is 16.5. The van der Waals surface area contributed by atoms with Crippen molar-refractivity contribution in [3.05, 3.63) is 54.6 Å². The predicted octanol–water partition coefficient (Wildman–Crippen LogP) is 7.25. The van der Waals surface area contributed by atoms with Crippen molar-refractivity contribution in [1.82, 2.24) is 5.32 Å². The van der Waals surface area contributed by atoms with Gasteiger partial charge in [-0.2, -0.15) is 0 Å². The molecule has 0 fully saturated rings. The molecule has 0 heterocycles. The summed E-state index contributed by atoms with van der Waals surface area (Å²) in [7, 11) is 0. The van der Waals surface area contributed by atoms with Crippen LogP contribution in [0.5, 0.6) is 0 Å². The second-order valence-electron chi connectivity index (χ2n) is 8.08. The molecule has 4 nitrogen and oxygen atoms in total. The lowest BCUT2D eigenvalue weighted by atomic mass is 10.1. The topological polar surface area (TPSA) is 55.4 Å². The summed E-state index contributed by atoms with van der Waals surface area (Å²) in [6, 6.07) is 9.67. The monoisotopic (exact) mass is 443 g/mol. The molecule has 0 bridgehead atoms. The van der Waals surface area contributed by atoms with Gasteiger partial charge in [0.05, 0.1) is 6.10 Å². The third-order valence-electron chi connectivity index (χ3n) is 5.12. The van der Waals surface area contributed by atoms with Crippen LogP contribution in [0.3, 0.4) is 0 Å². The van der Waals surface area contributed by atoms with E-state index in [1.165, 1.54) is 69.9 Å². The second kappa shape index (κ2) is 21.9. The van der Waals surface area contributed by atoms with Crippen molar-refractivity contribution >= 4 is 18.0 Å². The number of nitrogens with one attached hydrogen (secondary N) is 1. The van der Waals surface area contributed by atoms with Gasteiger partial charge in [0, 0.05) is 12.6 Å². The van der Waals surface area contributed by atoms with Gasteiger partial charge in [-0.1, -0.05) is 109 Å². The van der Waals surface area contributed by atoms with Gasteiger partial charge in [-0.05, 0) is 37.5 Å². The number of carbonyl (C=O) groups is 2. The molecule has 0 radical (unpaired) electrons. The van der Waals surface area contributed by atoms with Crippen LogP contribution in [0.4, 0.5) is 0 Å². The average Bonchev–Trinajstić information content (AvgIpc) is 2.82. The first kappa shape index (κ1) is 29.6. The maximum Gasteiger partial charge on any atom is 0.331 e. The number of unbranched alkanes of at least 4 members (excludes halogenated alkanes) is 9. The summed E-state index contributed by atoms with van der Waals surface area (Å²) in [6.07, 6.45) is 18.6. The molecule has 180 valence electrons. The second-order valence-corrected chi connectivity index (χ2v) is 8.08. The first-order valence-electron chi connectivity index (χ1n) is 12.4. The molecular weight excluding hydrogens is 398 g/mol. The minimum Gasteiger partial charge on any atom is -0.460 e. The molecule has 0 spiro atoms. The number of rotatable bonds is 16. The predicted molar refractivity (Wildman–Crippen MR) is 136 cm³/mol. The Morgan fingerprint density at radius 1 is 0.938 bits per heavy atom. The first-order chi connectivity index (χ1) is 15.5. The van der Waals surface area contributed by atoms with Crippen molar-refractivity contribution in [2.24, 2.45) is 0 Å². The number of amides is 1. The molecule has 1 aromatic carbocycles. The van der Waals surface area contributed by atoms with E-state index < -0.39 is 0 Å². The Morgan fingerprint density at radius 2 is 1.50 bits per heavy atom. The Bertz CT molecular complexity index is 625. The molecule has 0 aromatic heterocycles. The van der Waals surface area contributed by atoms with Crippen LogP contribution in [0.1, 0.15) is 97.0 Å². The fraction of sp³-hybridized carbons (Fsp3) is 0.571. The molecule has 0 aliphatic rings. The molecule has 0 aliphatic heterocycles. The summed E-state index contributed by atoms with van der Waals surface area (Å²) in [6.45, 7) is 10.3. The van der Waals surface area contributed by atoms with Gasteiger partial charge in [-0.15, -0.1) is 0 Å². The number of benzene rings is 1. The van der Waals surface area contributed by atoms with Crippen LogP contribution in [0.2, 0.25) is 0 Å². The van der Waals surface area contributed by atoms with E-state index in [0.717, 1.165) is 24.9 Å². The molecule has 0 aliphatic carbocycles. The third-order valence-corrected chi connectivity index (χ3v) is 5.12. The zero-order valence-electron chi connectivity index (χ0n) is 20.6. The summed E-state index contributed by atoms with van der Waals surface area (Å²) < 4.78 is 5.10. The molecule has 1 unspecified atom stereocenters. The van der Waals surface area contributed by atoms with Gasteiger partial charge in [0.1, 0.15) is 0 Å². The maximum atomic E-state index is 11.3. The lowest BCUT2D eigenvalue weighted by molar-refractivity contribution is -0.142. The molecular formula is C28H45NO3. The normalized spacial score (nSPS) is 11.3. The van der Waals surface area contributed by atoms with Gasteiger partial charge in [0.2, 0.25) is 5.91 Å². The number of hydrogen-bond acceptors (Lipinski definition) is 3. The highest BCUT2D eigenvalue weighted by Gasteiger charge is 2.02. The van der Waals surface area contributed by atoms with Crippen molar-refractivity contribution in [3.63, 3.8) is 0 Å². The van der Waals surface area contributed by atoms with Crippen LogP contribution in [0, 0.1) is 0 Å². The summed E-state index contributed by atoms with van der Waals surface area (Å²) in [4.78, 5) is 22.1. The van der Waals surface area contributed by atoms with E-state index in [-0.39, 0.29) is 18.0 Å². The van der Waals surface area contributed by atoms with Gasteiger partial charge < -0.3 is 10.1 Å². The third kappa shape index (κ3) is 19.6. The van der Waals surface area contributed by atoms with Gasteiger partial charge >= 0.3 is 5.97 Å². The smallest absolute Gasteiger partial charge is 0.331 e. The molecule has 1 N–H and O–H groups in total. The molecule has 1 amide bonds. The molecule has 1 aromatic rings. The maximum absolute atomic E-state index is 11.3. The molecule has 4 heteroatoms. The quantitative estimate of drug-likeness (QED) is 0.166. The van der Waals surface area contributed by atoms with Crippen LogP contribution in [0.25, 0.3) is 6.08 Å². The van der Waals surface area contributed by atoms with E-state index in [9.17, 15) is 9.59 Å². The average molecular weight is 444 g/mol. The van der Waals surface area contributed by atoms with E-state index in [0.29, 0.717) is 0 Å². The molecule has 1 rings (SSSR count). The minimum absolute atomic E-state index is 0.0158. The Kier molecular flexibility index (Phi) is 20.2. The number of esters is 1. The summed E-state index contributed by atoms with van der Waals surface area (Å²) in [5, 5.41) is 2.80. The molecule has 32 heavy (non-hydrogen) atoms. The van der Waals surface area contributed by atoms with Crippen molar-refractivity contribution in [3.8, 4) is 0 Å². The van der Waals surface area contributed by atoms with Crippen molar-refractivity contribution in [2.75, 3.05) is 6.54 Å². The van der Waals surface area contributed by atoms with Crippen molar-refractivity contribution < 1.29 is 14.3 Å². The van der Waals surface area contributed by atoms with Gasteiger partial charge in [0.25, 0.3) is 0 Å². The Morgan fingerprint density at radius 3 is 2.03 bits per heavy atom. The Hall–Kier alpha value is -2.36. The highest BCUT2D eigenvalue weighted by molar-refractivity contribution is 5.87. The van der Waals surface area contributed by atoms with Crippen LogP contribution in [-0.4, -0.2) is 24.5 Å². The van der Waals surface area contributed by atoms with Crippen LogP contribution in [0.15, 0.2) is 49.1 Å². The van der Waals surface area contributed by atoms with E-state index in [1.54, 1.807) is 6.08 Å². The lowest BCUT2D eigenvalue weighted by Crippen LogP contribution is -2.21. The van der Waals surface area contributed by atoms with E-state index in [4.69, 9.17) is 4.74 Å². The Labute approximate surface area is 196 Å². The Balaban J connectivity index is 0.000000604. The molecule has 1 atom stereocenters. The largest absolute Gasteiger partial charge is 0.460 e. The van der Waals surface area contributed by atoms with Crippen molar-refractivity contribution in [1.29, 1.82) is 0 Å². The zero-order valence-corrected chi connectivity index (χ0v) is 20.6. The van der Waals surface area contributed by atoms with Gasteiger partial charge in [-0.25, -0.2) is 4.79 Å². The van der Waals surface area contributed by atoms with E-state index in [2.05, 4.69) is 18.8 Å².